The van der Waals surface area contributed by atoms with E-state index in [4.69, 9.17) is 4.74 Å². The van der Waals surface area contributed by atoms with Gasteiger partial charge in [0.2, 0.25) is 5.91 Å². The molecule has 1 aliphatic rings. The number of carbonyl (C=O) groups excluding carboxylic acids is 1. The first-order valence-electron chi connectivity index (χ1n) is 7.47. The molecule has 2 rings (SSSR count). The van der Waals surface area contributed by atoms with Crippen LogP contribution in [0.15, 0.2) is 30.3 Å². The molecule has 1 saturated heterocycles. The number of hydrogen-bond acceptors (Lipinski definition) is 3. The molecule has 0 saturated carbocycles. The molecule has 4 nitrogen and oxygen atoms in total. The average molecular weight is 276 g/mol. The Morgan fingerprint density at radius 3 is 2.70 bits per heavy atom. The van der Waals surface area contributed by atoms with Gasteiger partial charge in [0.05, 0.1) is 12.6 Å². The summed E-state index contributed by atoms with van der Waals surface area (Å²) in [6.45, 7) is 5.25. The Hall–Kier alpha value is -1.55. The Bertz CT molecular complexity index is 402. The number of benzene rings is 1. The Kier molecular flexibility index (Phi) is 5.87. The molecule has 1 unspecified atom stereocenters. The van der Waals surface area contributed by atoms with Crippen molar-refractivity contribution in [2.24, 2.45) is 0 Å². The van der Waals surface area contributed by atoms with Crippen molar-refractivity contribution in [2.45, 2.75) is 32.2 Å². The van der Waals surface area contributed by atoms with E-state index in [1.807, 2.05) is 42.2 Å². The Balaban J connectivity index is 1.57. The molecule has 110 valence electrons. The minimum atomic E-state index is -0.0928. The first-order valence-corrected chi connectivity index (χ1v) is 7.47. The van der Waals surface area contributed by atoms with Crippen LogP contribution in [-0.4, -0.2) is 43.1 Å². The second kappa shape index (κ2) is 7.90. The van der Waals surface area contributed by atoms with Crippen molar-refractivity contribution in [1.29, 1.82) is 0 Å². The van der Waals surface area contributed by atoms with Gasteiger partial charge in [0, 0.05) is 13.1 Å². The molecule has 4 heteroatoms. The smallest absolute Gasteiger partial charge is 0.239 e. The lowest BCUT2D eigenvalue weighted by molar-refractivity contribution is -0.131. The first-order chi connectivity index (χ1) is 9.77. The van der Waals surface area contributed by atoms with Gasteiger partial charge in [-0.15, -0.1) is 0 Å². The van der Waals surface area contributed by atoms with Gasteiger partial charge in [0.15, 0.2) is 0 Å². The molecule has 1 amide bonds. The summed E-state index contributed by atoms with van der Waals surface area (Å²) in [6.07, 6.45) is 3.18. The van der Waals surface area contributed by atoms with Crippen molar-refractivity contribution in [3.63, 3.8) is 0 Å². The topological polar surface area (TPSA) is 41.6 Å². The zero-order valence-corrected chi connectivity index (χ0v) is 12.2. The van der Waals surface area contributed by atoms with Crippen LogP contribution in [0.3, 0.4) is 0 Å². The number of likely N-dealkylation sites (tertiary alicyclic amines) is 1. The minimum Gasteiger partial charge on any atom is -0.494 e. The lowest BCUT2D eigenvalue weighted by Crippen LogP contribution is -2.44. The molecule has 1 N–H and O–H groups in total. The van der Waals surface area contributed by atoms with Gasteiger partial charge in [-0.25, -0.2) is 0 Å². The molecule has 0 aromatic heterocycles. The van der Waals surface area contributed by atoms with Gasteiger partial charge in [-0.05, 0) is 44.9 Å². The van der Waals surface area contributed by atoms with E-state index in [0.29, 0.717) is 6.61 Å². The summed E-state index contributed by atoms with van der Waals surface area (Å²) in [5.41, 5.74) is 0. The summed E-state index contributed by atoms with van der Waals surface area (Å²) in [7, 11) is 0. The fourth-order valence-corrected chi connectivity index (χ4v) is 2.40. The Morgan fingerprint density at radius 2 is 2.00 bits per heavy atom. The van der Waals surface area contributed by atoms with Crippen LogP contribution < -0.4 is 10.1 Å². The van der Waals surface area contributed by atoms with E-state index in [2.05, 4.69) is 5.32 Å². The van der Waals surface area contributed by atoms with Crippen LogP contribution in [0.5, 0.6) is 5.75 Å². The third-order valence-corrected chi connectivity index (χ3v) is 3.57. The number of para-hydroxylation sites is 1. The lowest BCUT2D eigenvalue weighted by atomic mass is 10.3. The third-order valence-electron chi connectivity index (χ3n) is 3.57. The number of hydrogen-bond donors (Lipinski definition) is 1. The van der Waals surface area contributed by atoms with Crippen molar-refractivity contribution in [2.75, 3.05) is 26.2 Å². The Morgan fingerprint density at radius 1 is 1.30 bits per heavy atom. The van der Waals surface area contributed by atoms with E-state index in [9.17, 15) is 4.79 Å². The van der Waals surface area contributed by atoms with Gasteiger partial charge in [-0.2, -0.15) is 0 Å². The molecular weight excluding hydrogens is 252 g/mol. The number of carbonyl (C=O) groups is 1. The minimum absolute atomic E-state index is 0.0928. The molecule has 0 aliphatic carbocycles. The number of nitrogens with zero attached hydrogens (tertiary/aromatic N) is 1. The highest BCUT2D eigenvalue weighted by molar-refractivity contribution is 5.81. The number of nitrogens with one attached hydrogen (secondary N) is 1. The van der Waals surface area contributed by atoms with Gasteiger partial charge >= 0.3 is 0 Å². The normalized spacial score (nSPS) is 16.1. The summed E-state index contributed by atoms with van der Waals surface area (Å²) in [6, 6.07) is 9.71. The van der Waals surface area contributed by atoms with Gasteiger partial charge in [0.25, 0.3) is 0 Å². The highest BCUT2D eigenvalue weighted by atomic mass is 16.5. The molecule has 1 aromatic carbocycles. The van der Waals surface area contributed by atoms with Crippen LogP contribution in [-0.2, 0) is 4.79 Å². The SMILES string of the molecule is CC(NCCCOc1ccccc1)C(=O)N1CCCC1. The highest BCUT2D eigenvalue weighted by Crippen LogP contribution is 2.09. The average Bonchev–Trinajstić information content (AvgIpc) is 3.01. The van der Waals surface area contributed by atoms with Crippen molar-refractivity contribution in [3.05, 3.63) is 30.3 Å². The van der Waals surface area contributed by atoms with Gasteiger partial charge in [-0.1, -0.05) is 18.2 Å². The fourth-order valence-electron chi connectivity index (χ4n) is 2.40. The van der Waals surface area contributed by atoms with Crippen molar-refractivity contribution in [3.8, 4) is 5.75 Å². The van der Waals surface area contributed by atoms with Crippen molar-refractivity contribution < 1.29 is 9.53 Å². The van der Waals surface area contributed by atoms with E-state index in [1.54, 1.807) is 0 Å². The van der Waals surface area contributed by atoms with E-state index in [0.717, 1.165) is 44.6 Å². The fraction of sp³-hybridized carbons (Fsp3) is 0.562. The summed E-state index contributed by atoms with van der Waals surface area (Å²) in [4.78, 5) is 14.0. The molecule has 1 fully saturated rings. The molecule has 1 heterocycles. The van der Waals surface area contributed by atoms with Gasteiger partial charge < -0.3 is 15.0 Å². The van der Waals surface area contributed by atoms with Crippen LogP contribution in [0.1, 0.15) is 26.2 Å². The van der Waals surface area contributed by atoms with Crippen LogP contribution in [0.4, 0.5) is 0 Å². The molecule has 0 bridgehead atoms. The standard InChI is InChI=1S/C16H24N2O2/c1-14(16(19)18-11-5-6-12-18)17-10-7-13-20-15-8-3-2-4-9-15/h2-4,8-9,14,17H,5-7,10-13H2,1H3. The summed E-state index contributed by atoms with van der Waals surface area (Å²) in [5.74, 6) is 1.13. The summed E-state index contributed by atoms with van der Waals surface area (Å²) >= 11 is 0. The van der Waals surface area contributed by atoms with Crippen LogP contribution >= 0.6 is 0 Å². The third kappa shape index (κ3) is 4.53. The number of rotatable bonds is 7. The van der Waals surface area contributed by atoms with Gasteiger partial charge in [0.1, 0.15) is 5.75 Å². The predicted molar refractivity (Wildman–Crippen MR) is 79.8 cm³/mol. The van der Waals surface area contributed by atoms with Crippen molar-refractivity contribution in [1.82, 2.24) is 10.2 Å². The first kappa shape index (κ1) is 14.9. The molecule has 0 spiro atoms. The highest BCUT2D eigenvalue weighted by Gasteiger charge is 2.22. The predicted octanol–water partition coefficient (Wildman–Crippen LogP) is 2.06. The summed E-state index contributed by atoms with van der Waals surface area (Å²) in [5, 5.41) is 3.27. The van der Waals surface area contributed by atoms with E-state index in [1.165, 1.54) is 0 Å². The monoisotopic (exact) mass is 276 g/mol. The maximum Gasteiger partial charge on any atom is 0.239 e. The lowest BCUT2D eigenvalue weighted by Gasteiger charge is -2.21. The van der Waals surface area contributed by atoms with E-state index in [-0.39, 0.29) is 11.9 Å². The largest absolute Gasteiger partial charge is 0.494 e. The molecule has 0 radical (unpaired) electrons. The zero-order chi connectivity index (χ0) is 14.2. The molecule has 20 heavy (non-hydrogen) atoms. The van der Waals surface area contributed by atoms with Crippen LogP contribution in [0, 0.1) is 0 Å². The molecule has 1 aliphatic heterocycles. The maximum atomic E-state index is 12.1. The van der Waals surface area contributed by atoms with Crippen LogP contribution in [0.2, 0.25) is 0 Å². The molecular formula is C16H24N2O2. The van der Waals surface area contributed by atoms with E-state index < -0.39 is 0 Å². The quantitative estimate of drug-likeness (QED) is 0.775. The number of amides is 1. The number of ether oxygens (including phenoxy) is 1. The Labute approximate surface area is 121 Å². The second-order valence-electron chi connectivity index (χ2n) is 5.22. The summed E-state index contributed by atoms with van der Waals surface area (Å²) < 4.78 is 5.61. The van der Waals surface area contributed by atoms with Crippen molar-refractivity contribution >= 4 is 5.91 Å². The molecule has 1 aromatic rings. The van der Waals surface area contributed by atoms with Crippen LogP contribution in [0.25, 0.3) is 0 Å². The zero-order valence-electron chi connectivity index (χ0n) is 12.2. The molecule has 1 atom stereocenters. The maximum absolute atomic E-state index is 12.1. The van der Waals surface area contributed by atoms with Gasteiger partial charge in [-0.3, -0.25) is 4.79 Å². The second-order valence-corrected chi connectivity index (χ2v) is 5.22. The van der Waals surface area contributed by atoms with E-state index >= 15 is 0 Å².